The van der Waals surface area contributed by atoms with Gasteiger partial charge in [0.1, 0.15) is 10.9 Å². The van der Waals surface area contributed by atoms with Crippen LogP contribution >= 0.6 is 22.9 Å². The lowest BCUT2D eigenvalue weighted by Gasteiger charge is -2.04. The first-order valence-corrected chi connectivity index (χ1v) is 6.41. The number of thiazole rings is 1. The van der Waals surface area contributed by atoms with Crippen LogP contribution in [-0.4, -0.2) is 10.1 Å². The second-order valence-corrected chi connectivity index (χ2v) is 4.94. The molecule has 0 spiro atoms. The van der Waals surface area contributed by atoms with Gasteiger partial charge in [-0.25, -0.2) is 4.98 Å². The van der Waals surface area contributed by atoms with Gasteiger partial charge in [0.15, 0.2) is 10.3 Å². The Morgan fingerprint density at radius 3 is 2.89 bits per heavy atom. The molecule has 0 saturated heterocycles. The summed E-state index contributed by atoms with van der Waals surface area (Å²) in [6.07, 6.45) is 0. The molecule has 0 radical (unpaired) electrons. The molecular formula is C12H10ClN3OS. The number of rotatable bonds is 4. The molecule has 0 saturated carbocycles. The minimum Gasteiger partial charge on any atom is -0.392 e. The van der Waals surface area contributed by atoms with E-state index < -0.39 is 0 Å². The van der Waals surface area contributed by atoms with Gasteiger partial charge in [-0.2, -0.15) is 5.26 Å². The Bertz CT molecular complexity index is 591. The van der Waals surface area contributed by atoms with Gasteiger partial charge in [-0.3, -0.25) is 0 Å². The van der Waals surface area contributed by atoms with Crippen LogP contribution in [0.15, 0.2) is 24.3 Å². The molecule has 4 nitrogen and oxygen atoms in total. The molecule has 1 heterocycles. The van der Waals surface area contributed by atoms with Crippen LogP contribution in [-0.2, 0) is 13.2 Å². The summed E-state index contributed by atoms with van der Waals surface area (Å²) >= 11 is 7.00. The van der Waals surface area contributed by atoms with E-state index in [2.05, 4.69) is 10.3 Å². The van der Waals surface area contributed by atoms with Crippen molar-refractivity contribution in [2.75, 3.05) is 5.32 Å². The molecule has 0 unspecified atom stereocenters. The highest BCUT2D eigenvalue weighted by atomic mass is 35.5. The quantitative estimate of drug-likeness (QED) is 0.903. The molecule has 2 aromatic rings. The van der Waals surface area contributed by atoms with E-state index in [0.717, 1.165) is 11.1 Å². The number of halogens is 1. The van der Waals surface area contributed by atoms with Gasteiger partial charge in [0.05, 0.1) is 6.61 Å². The lowest BCUT2D eigenvalue weighted by atomic mass is 10.1. The predicted octanol–water partition coefficient (Wildman–Crippen LogP) is 2.77. The predicted molar refractivity (Wildman–Crippen MR) is 71.5 cm³/mol. The van der Waals surface area contributed by atoms with Crippen molar-refractivity contribution in [1.29, 1.82) is 5.26 Å². The number of nitriles is 1. The van der Waals surface area contributed by atoms with Crippen LogP contribution in [0.1, 0.15) is 16.0 Å². The minimum atomic E-state index is 0.0233. The number of aromatic nitrogens is 1. The van der Waals surface area contributed by atoms with Crippen molar-refractivity contribution in [3.63, 3.8) is 0 Å². The SMILES string of the molecule is N#Cc1sc(NCc2cccc(CO)c2)nc1Cl. The second-order valence-electron chi connectivity index (χ2n) is 3.58. The summed E-state index contributed by atoms with van der Waals surface area (Å²) in [6.45, 7) is 0.595. The number of benzene rings is 1. The Balaban J connectivity index is 2.04. The first-order chi connectivity index (χ1) is 8.72. The molecule has 18 heavy (non-hydrogen) atoms. The Morgan fingerprint density at radius 2 is 2.22 bits per heavy atom. The van der Waals surface area contributed by atoms with Crippen molar-refractivity contribution >= 4 is 28.1 Å². The monoisotopic (exact) mass is 279 g/mol. The second kappa shape index (κ2) is 5.83. The molecule has 6 heteroatoms. The molecule has 0 atom stereocenters. The van der Waals surface area contributed by atoms with Crippen LogP contribution in [0.2, 0.25) is 5.15 Å². The maximum atomic E-state index is 9.03. The van der Waals surface area contributed by atoms with Crippen molar-refractivity contribution in [1.82, 2.24) is 4.98 Å². The van der Waals surface area contributed by atoms with Crippen molar-refractivity contribution < 1.29 is 5.11 Å². The number of nitrogens with zero attached hydrogens (tertiary/aromatic N) is 2. The third kappa shape index (κ3) is 2.99. The van der Waals surface area contributed by atoms with Crippen molar-refractivity contribution in [3.05, 3.63) is 45.4 Å². The topological polar surface area (TPSA) is 68.9 Å². The molecule has 92 valence electrons. The van der Waals surface area contributed by atoms with Crippen LogP contribution in [0.25, 0.3) is 0 Å². The third-order valence-corrected chi connectivity index (χ3v) is 3.61. The zero-order valence-electron chi connectivity index (χ0n) is 9.35. The smallest absolute Gasteiger partial charge is 0.185 e. The molecule has 2 N–H and O–H groups in total. The normalized spacial score (nSPS) is 10.1. The fourth-order valence-electron chi connectivity index (χ4n) is 1.46. The molecule has 0 aliphatic heterocycles. The van der Waals surface area contributed by atoms with E-state index in [1.54, 1.807) is 0 Å². The van der Waals surface area contributed by atoms with Gasteiger partial charge < -0.3 is 10.4 Å². The lowest BCUT2D eigenvalue weighted by molar-refractivity contribution is 0.281. The maximum Gasteiger partial charge on any atom is 0.185 e. The van der Waals surface area contributed by atoms with Gasteiger partial charge >= 0.3 is 0 Å². The van der Waals surface area contributed by atoms with Crippen molar-refractivity contribution in [3.8, 4) is 6.07 Å². The number of anilines is 1. The number of hydrogen-bond donors (Lipinski definition) is 2. The summed E-state index contributed by atoms with van der Waals surface area (Å²) in [5, 5.41) is 21.7. The van der Waals surface area contributed by atoms with Gasteiger partial charge in [0, 0.05) is 6.54 Å². The molecule has 0 amide bonds. The van der Waals surface area contributed by atoms with Crippen molar-refractivity contribution in [2.45, 2.75) is 13.2 Å². The summed E-state index contributed by atoms with van der Waals surface area (Å²) in [5.41, 5.74) is 1.90. The minimum absolute atomic E-state index is 0.0233. The molecule has 2 rings (SSSR count). The van der Waals surface area contributed by atoms with E-state index in [1.807, 2.05) is 30.3 Å². The molecule has 1 aromatic carbocycles. The van der Waals surface area contributed by atoms with Crippen LogP contribution < -0.4 is 5.32 Å². The maximum absolute atomic E-state index is 9.03. The third-order valence-electron chi connectivity index (χ3n) is 2.31. The summed E-state index contributed by atoms with van der Waals surface area (Å²) in [4.78, 5) is 4.45. The zero-order chi connectivity index (χ0) is 13.0. The number of hydrogen-bond acceptors (Lipinski definition) is 5. The molecule has 0 aliphatic rings. The highest BCUT2D eigenvalue weighted by Gasteiger charge is 2.07. The van der Waals surface area contributed by atoms with Crippen LogP contribution in [0.5, 0.6) is 0 Å². The highest BCUT2D eigenvalue weighted by molar-refractivity contribution is 7.16. The molecular weight excluding hydrogens is 270 g/mol. The van der Waals surface area contributed by atoms with Gasteiger partial charge in [0.2, 0.25) is 0 Å². The Labute approximate surface area is 113 Å². The fraction of sp³-hybridized carbons (Fsp3) is 0.167. The summed E-state index contributed by atoms with van der Waals surface area (Å²) in [6, 6.07) is 9.59. The molecule has 0 aliphatic carbocycles. The molecule has 1 aromatic heterocycles. The van der Waals surface area contributed by atoms with Crippen LogP contribution in [0.3, 0.4) is 0 Å². The van der Waals surface area contributed by atoms with Gasteiger partial charge in [-0.05, 0) is 11.1 Å². The van der Waals surface area contributed by atoms with Gasteiger partial charge in [0.25, 0.3) is 0 Å². The Morgan fingerprint density at radius 1 is 1.44 bits per heavy atom. The molecule has 0 fully saturated rings. The van der Waals surface area contributed by atoms with Gasteiger partial charge in [-0.15, -0.1) is 0 Å². The van der Waals surface area contributed by atoms with Crippen LogP contribution in [0, 0.1) is 11.3 Å². The van der Waals surface area contributed by atoms with E-state index in [4.69, 9.17) is 22.0 Å². The van der Waals surface area contributed by atoms with E-state index in [1.165, 1.54) is 11.3 Å². The Hall–Kier alpha value is -1.61. The largest absolute Gasteiger partial charge is 0.392 e. The average Bonchev–Trinajstić information content (AvgIpc) is 2.77. The average molecular weight is 280 g/mol. The summed E-state index contributed by atoms with van der Waals surface area (Å²) in [5.74, 6) is 0. The zero-order valence-corrected chi connectivity index (χ0v) is 10.9. The number of nitrogens with one attached hydrogen (secondary N) is 1. The lowest BCUT2D eigenvalue weighted by Crippen LogP contribution is -1.99. The first kappa shape index (κ1) is 12.8. The van der Waals surface area contributed by atoms with Gasteiger partial charge in [-0.1, -0.05) is 47.2 Å². The van der Waals surface area contributed by atoms with Crippen LogP contribution in [0.4, 0.5) is 5.13 Å². The summed E-state index contributed by atoms with van der Waals surface area (Å²) < 4.78 is 0. The van der Waals surface area contributed by atoms with Crippen molar-refractivity contribution in [2.24, 2.45) is 0 Å². The van der Waals surface area contributed by atoms with E-state index in [-0.39, 0.29) is 11.8 Å². The Kier molecular flexibility index (Phi) is 4.15. The standard InChI is InChI=1S/C12H10ClN3OS/c13-11-10(5-14)18-12(16-11)15-6-8-2-1-3-9(4-8)7-17/h1-4,17H,6-7H2,(H,15,16). The first-order valence-electron chi connectivity index (χ1n) is 5.22. The molecule has 0 bridgehead atoms. The van der Waals surface area contributed by atoms with E-state index >= 15 is 0 Å². The number of aliphatic hydroxyl groups is 1. The summed E-state index contributed by atoms with van der Waals surface area (Å²) in [7, 11) is 0. The number of aliphatic hydroxyl groups excluding tert-OH is 1. The fourth-order valence-corrected chi connectivity index (χ4v) is 2.40. The van der Waals surface area contributed by atoms with E-state index in [9.17, 15) is 0 Å². The van der Waals surface area contributed by atoms with E-state index in [0.29, 0.717) is 16.6 Å². The highest BCUT2D eigenvalue weighted by Crippen LogP contribution is 2.26.